The third-order valence-electron chi connectivity index (χ3n) is 3.95. The maximum Gasteiger partial charge on any atom is 0.233 e. The topological polar surface area (TPSA) is 55.3 Å². The van der Waals surface area contributed by atoms with Crippen LogP contribution >= 0.6 is 11.8 Å². The van der Waals surface area contributed by atoms with E-state index in [2.05, 4.69) is 9.97 Å². The molecular formula is C18H20FN3O2S. The molecule has 2 aromatic rings. The summed E-state index contributed by atoms with van der Waals surface area (Å²) in [7, 11) is 0. The zero-order valence-electron chi connectivity index (χ0n) is 14.2. The monoisotopic (exact) mass is 361 g/mol. The van der Waals surface area contributed by atoms with Crippen molar-refractivity contribution in [2.24, 2.45) is 0 Å². The van der Waals surface area contributed by atoms with Crippen LogP contribution in [0.5, 0.6) is 0 Å². The number of aromatic nitrogens is 2. The van der Waals surface area contributed by atoms with Crippen molar-refractivity contribution >= 4 is 17.7 Å². The fraction of sp³-hybridized carbons (Fsp3) is 0.389. The molecule has 0 N–H and O–H groups in total. The van der Waals surface area contributed by atoms with Crippen LogP contribution in [0.1, 0.15) is 23.1 Å². The van der Waals surface area contributed by atoms with E-state index in [0.29, 0.717) is 30.6 Å². The highest BCUT2D eigenvalue weighted by atomic mass is 32.2. The molecule has 132 valence electrons. The van der Waals surface area contributed by atoms with E-state index in [1.54, 1.807) is 17.0 Å². The smallest absolute Gasteiger partial charge is 0.233 e. The number of morpholine rings is 1. The summed E-state index contributed by atoms with van der Waals surface area (Å²) in [6, 6.07) is 8.12. The minimum absolute atomic E-state index is 0.0307. The van der Waals surface area contributed by atoms with Crippen LogP contribution in [0.15, 0.2) is 35.5 Å². The fourth-order valence-corrected chi connectivity index (χ4v) is 3.58. The van der Waals surface area contributed by atoms with E-state index in [0.717, 1.165) is 17.0 Å². The lowest BCUT2D eigenvalue weighted by Crippen LogP contribution is -2.43. The van der Waals surface area contributed by atoms with Gasteiger partial charge in [0.2, 0.25) is 5.91 Å². The van der Waals surface area contributed by atoms with Crippen molar-refractivity contribution in [1.82, 2.24) is 14.9 Å². The average molecular weight is 361 g/mol. The number of hydrogen-bond acceptors (Lipinski definition) is 5. The van der Waals surface area contributed by atoms with Crippen LogP contribution in [0.4, 0.5) is 4.39 Å². The number of carbonyl (C=O) groups is 1. The molecule has 1 aromatic carbocycles. The minimum Gasteiger partial charge on any atom is -0.370 e. The summed E-state index contributed by atoms with van der Waals surface area (Å²) >= 11 is 1.35. The average Bonchev–Trinajstić information content (AvgIpc) is 2.59. The van der Waals surface area contributed by atoms with Crippen LogP contribution in [-0.2, 0) is 9.53 Å². The highest BCUT2D eigenvalue weighted by Crippen LogP contribution is 2.23. The van der Waals surface area contributed by atoms with Crippen molar-refractivity contribution < 1.29 is 13.9 Å². The van der Waals surface area contributed by atoms with Gasteiger partial charge < -0.3 is 9.64 Å². The SMILES string of the molecule is Cc1cc(C)nc(SCC(=O)N2CCOC(c3ccc(F)cc3)C2)n1. The summed E-state index contributed by atoms with van der Waals surface area (Å²) in [6.07, 6.45) is -0.222. The number of rotatable bonds is 4. The number of amides is 1. The van der Waals surface area contributed by atoms with E-state index in [4.69, 9.17) is 4.74 Å². The van der Waals surface area contributed by atoms with E-state index >= 15 is 0 Å². The Kier molecular flexibility index (Phi) is 5.65. The molecular weight excluding hydrogens is 341 g/mol. The zero-order chi connectivity index (χ0) is 17.8. The molecule has 1 amide bonds. The molecule has 1 unspecified atom stereocenters. The van der Waals surface area contributed by atoms with Crippen LogP contribution in [0.25, 0.3) is 0 Å². The summed E-state index contributed by atoms with van der Waals surface area (Å²) in [5.74, 6) is 0.0412. The second-order valence-electron chi connectivity index (χ2n) is 5.97. The molecule has 0 spiro atoms. The maximum absolute atomic E-state index is 13.1. The second-order valence-corrected chi connectivity index (χ2v) is 6.92. The van der Waals surface area contributed by atoms with Gasteiger partial charge in [-0.05, 0) is 37.6 Å². The van der Waals surface area contributed by atoms with Gasteiger partial charge in [-0.2, -0.15) is 0 Å². The number of halogens is 1. The zero-order valence-corrected chi connectivity index (χ0v) is 15.1. The van der Waals surface area contributed by atoms with Crippen LogP contribution in [0.3, 0.4) is 0 Å². The summed E-state index contributed by atoms with van der Waals surface area (Å²) in [5.41, 5.74) is 2.67. The van der Waals surface area contributed by atoms with Gasteiger partial charge in [-0.3, -0.25) is 4.79 Å². The Hall–Kier alpha value is -1.99. The predicted molar refractivity (Wildman–Crippen MR) is 93.9 cm³/mol. The van der Waals surface area contributed by atoms with Gasteiger partial charge in [0, 0.05) is 17.9 Å². The van der Waals surface area contributed by atoms with E-state index in [1.165, 1.54) is 23.9 Å². The van der Waals surface area contributed by atoms with Gasteiger partial charge >= 0.3 is 0 Å². The van der Waals surface area contributed by atoms with E-state index in [9.17, 15) is 9.18 Å². The Morgan fingerprint density at radius 3 is 2.64 bits per heavy atom. The van der Waals surface area contributed by atoms with Gasteiger partial charge in [-0.25, -0.2) is 14.4 Å². The molecule has 2 heterocycles. The minimum atomic E-state index is -0.280. The molecule has 0 aliphatic carbocycles. The Labute approximate surface area is 150 Å². The number of ether oxygens (including phenoxy) is 1. The van der Waals surface area contributed by atoms with Gasteiger partial charge in [0.05, 0.1) is 18.9 Å². The van der Waals surface area contributed by atoms with Crippen molar-refractivity contribution in [1.29, 1.82) is 0 Å². The van der Waals surface area contributed by atoms with Crippen LogP contribution < -0.4 is 0 Å². The van der Waals surface area contributed by atoms with E-state index < -0.39 is 0 Å². The standard InChI is InChI=1S/C18H20FN3O2S/c1-12-9-13(2)21-18(20-12)25-11-17(23)22-7-8-24-16(10-22)14-3-5-15(19)6-4-14/h3-6,9,16H,7-8,10-11H2,1-2H3. The molecule has 1 atom stereocenters. The van der Waals surface area contributed by atoms with E-state index in [1.807, 2.05) is 19.9 Å². The lowest BCUT2D eigenvalue weighted by atomic mass is 10.1. The van der Waals surface area contributed by atoms with Gasteiger partial charge in [-0.1, -0.05) is 23.9 Å². The lowest BCUT2D eigenvalue weighted by Gasteiger charge is -2.33. The normalized spacial score (nSPS) is 17.6. The first-order chi connectivity index (χ1) is 12.0. The summed E-state index contributed by atoms with van der Waals surface area (Å²) in [4.78, 5) is 23.0. The van der Waals surface area contributed by atoms with Crippen LogP contribution in [-0.4, -0.2) is 46.2 Å². The molecule has 1 aromatic heterocycles. The molecule has 25 heavy (non-hydrogen) atoms. The van der Waals surface area contributed by atoms with Gasteiger partial charge in [0.1, 0.15) is 11.9 Å². The number of benzene rings is 1. The molecule has 3 rings (SSSR count). The molecule has 0 radical (unpaired) electrons. The Morgan fingerprint density at radius 2 is 1.96 bits per heavy atom. The molecule has 1 aliphatic heterocycles. The number of thioether (sulfide) groups is 1. The van der Waals surface area contributed by atoms with Crippen molar-refractivity contribution in [3.05, 3.63) is 53.1 Å². The van der Waals surface area contributed by atoms with Crippen molar-refractivity contribution in [3.63, 3.8) is 0 Å². The highest BCUT2D eigenvalue weighted by Gasteiger charge is 2.25. The molecule has 0 bridgehead atoms. The summed E-state index contributed by atoms with van der Waals surface area (Å²) < 4.78 is 18.8. The third kappa shape index (κ3) is 4.76. The molecule has 1 aliphatic rings. The van der Waals surface area contributed by atoms with Crippen molar-refractivity contribution in [3.8, 4) is 0 Å². The molecule has 5 nitrogen and oxygen atoms in total. The third-order valence-corrected chi connectivity index (χ3v) is 4.78. The number of hydrogen-bond donors (Lipinski definition) is 0. The molecule has 1 fully saturated rings. The highest BCUT2D eigenvalue weighted by molar-refractivity contribution is 7.99. The van der Waals surface area contributed by atoms with Gasteiger partial charge in [-0.15, -0.1) is 0 Å². The largest absolute Gasteiger partial charge is 0.370 e. The van der Waals surface area contributed by atoms with Gasteiger partial charge in [0.25, 0.3) is 0 Å². The Bertz CT molecular complexity index is 734. The molecule has 0 saturated carbocycles. The summed E-state index contributed by atoms with van der Waals surface area (Å²) in [5, 5.41) is 0.620. The van der Waals surface area contributed by atoms with Crippen molar-refractivity contribution in [2.75, 3.05) is 25.4 Å². The number of carbonyl (C=O) groups excluding carboxylic acids is 1. The van der Waals surface area contributed by atoms with Crippen LogP contribution in [0, 0.1) is 19.7 Å². The van der Waals surface area contributed by atoms with Crippen LogP contribution in [0.2, 0.25) is 0 Å². The van der Waals surface area contributed by atoms with E-state index in [-0.39, 0.29) is 17.8 Å². The second kappa shape index (κ2) is 7.93. The van der Waals surface area contributed by atoms with Gasteiger partial charge in [0.15, 0.2) is 5.16 Å². The Balaban J connectivity index is 1.59. The fourth-order valence-electron chi connectivity index (χ4n) is 2.73. The first-order valence-corrected chi connectivity index (χ1v) is 9.10. The molecule has 1 saturated heterocycles. The number of nitrogens with zero attached hydrogens (tertiary/aromatic N) is 3. The quantitative estimate of drug-likeness (QED) is 0.619. The van der Waals surface area contributed by atoms with Crippen molar-refractivity contribution in [2.45, 2.75) is 25.1 Å². The first kappa shape index (κ1) is 17.8. The Morgan fingerprint density at radius 1 is 1.28 bits per heavy atom. The molecule has 7 heteroatoms. The first-order valence-electron chi connectivity index (χ1n) is 8.11. The number of aryl methyl sites for hydroxylation is 2. The maximum atomic E-state index is 13.1. The lowest BCUT2D eigenvalue weighted by molar-refractivity contribution is -0.136. The predicted octanol–water partition coefficient (Wildman–Crippen LogP) is 2.92. The summed E-state index contributed by atoms with van der Waals surface area (Å²) in [6.45, 7) is 5.33.